The van der Waals surface area contributed by atoms with Gasteiger partial charge in [0.2, 0.25) is 11.8 Å². The molecule has 2 aromatic rings. The van der Waals surface area contributed by atoms with Gasteiger partial charge in [-0.3, -0.25) is 24.5 Å². The lowest BCUT2D eigenvalue weighted by Gasteiger charge is -2.37. The Bertz CT molecular complexity index is 1410. The molecule has 5 fully saturated rings. The van der Waals surface area contributed by atoms with E-state index in [0.717, 1.165) is 76.9 Å². The standard InChI is InChI=1S/C33H45FN6O4/c1-37-31-26(30(36-37)27-8-9-28(41)35-32(27)42)7-6-25(29(31)34)22-12-15-38(16-13-22)19-21-10-17-39(18-11-21)33(43)44-20-24-5-4-23-3-2-14-40(23)24/h6-7,21-24,27H,2-5,8-20H2,1H3,(H,35,41,42). The second kappa shape index (κ2) is 12.4. The molecule has 5 saturated heterocycles. The van der Waals surface area contributed by atoms with Crippen LogP contribution in [0.3, 0.4) is 0 Å². The number of hydrogen-bond donors (Lipinski definition) is 1. The zero-order chi connectivity index (χ0) is 30.4. The Morgan fingerprint density at radius 2 is 1.80 bits per heavy atom. The number of ether oxygens (including phenoxy) is 1. The maximum Gasteiger partial charge on any atom is 0.409 e. The fourth-order valence-corrected chi connectivity index (χ4v) is 8.62. The fraction of sp³-hybridized carbons (Fsp3) is 0.697. The van der Waals surface area contributed by atoms with E-state index >= 15 is 4.39 Å². The third kappa shape index (κ3) is 5.73. The van der Waals surface area contributed by atoms with Crippen molar-refractivity contribution in [1.82, 2.24) is 29.8 Å². The van der Waals surface area contributed by atoms with Gasteiger partial charge in [0, 0.05) is 50.6 Å². The summed E-state index contributed by atoms with van der Waals surface area (Å²) in [7, 11) is 1.72. The molecule has 0 spiro atoms. The Morgan fingerprint density at radius 3 is 2.57 bits per heavy atom. The maximum atomic E-state index is 16.0. The molecule has 44 heavy (non-hydrogen) atoms. The van der Waals surface area contributed by atoms with Crippen molar-refractivity contribution in [2.75, 3.05) is 45.9 Å². The van der Waals surface area contributed by atoms with E-state index in [1.54, 1.807) is 11.7 Å². The van der Waals surface area contributed by atoms with Crippen LogP contribution in [0.1, 0.15) is 87.3 Å². The number of carbonyl (C=O) groups excluding carboxylic acids is 3. The van der Waals surface area contributed by atoms with Crippen LogP contribution >= 0.6 is 0 Å². The number of piperidine rings is 3. The number of aryl methyl sites for hydroxylation is 1. The Morgan fingerprint density at radius 1 is 1.00 bits per heavy atom. The predicted octanol–water partition coefficient (Wildman–Crippen LogP) is 3.89. The third-order valence-corrected chi connectivity index (χ3v) is 11.1. The Kier molecular flexibility index (Phi) is 8.35. The monoisotopic (exact) mass is 608 g/mol. The number of halogens is 1. The van der Waals surface area contributed by atoms with Crippen molar-refractivity contribution in [3.63, 3.8) is 0 Å². The van der Waals surface area contributed by atoms with Crippen LogP contribution in [0.2, 0.25) is 0 Å². The van der Waals surface area contributed by atoms with Crippen molar-refractivity contribution in [2.45, 2.75) is 88.1 Å². The van der Waals surface area contributed by atoms with Crippen LogP contribution in [0.4, 0.5) is 9.18 Å². The van der Waals surface area contributed by atoms with Gasteiger partial charge < -0.3 is 14.5 Å². The van der Waals surface area contributed by atoms with Crippen molar-refractivity contribution in [3.05, 3.63) is 29.2 Å². The SMILES string of the molecule is Cn1nc(C2CCC(=O)NC2=O)c2ccc(C3CCN(CC4CCN(C(=O)OCC5CCC6CCCN65)CC4)CC3)c(F)c21. The summed E-state index contributed by atoms with van der Waals surface area (Å²) in [5.74, 6) is -0.727. The van der Waals surface area contributed by atoms with Crippen molar-refractivity contribution < 1.29 is 23.5 Å². The molecule has 0 aliphatic carbocycles. The lowest BCUT2D eigenvalue weighted by Crippen LogP contribution is -2.44. The summed E-state index contributed by atoms with van der Waals surface area (Å²) >= 11 is 0. The molecule has 0 bridgehead atoms. The lowest BCUT2D eigenvalue weighted by atomic mass is 9.86. The molecule has 1 N–H and O–H groups in total. The van der Waals surface area contributed by atoms with Crippen LogP contribution in [0.15, 0.2) is 12.1 Å². The van der Waals surface area contributed by atoms with E-state index in [-0.39, 0.29) is 36.1 Å². The molecule has 1 aromatic heterocycles. The van der Waals surface area contributed by atoms with Gasteiger partial charge in [0.05, 0.1) is 11.6 Å². The first-order valence-corrected chi connectivity index (χ1v) is 16.7. The summed E-state index contributed by atoms with van der Waals surface area (Å²) in [6.45, 7) is 6.07. The van der Waals surface area contributed by atoms with Gasteiger partial charge in [0.25, 0.3) is 0 Å². The van der Waals surface area contributed by atoms with Gasteiger partial charge in [-0.15, -0.1) is 0 Å². The zero-order valence-corrected chi connectivity index (χ0v) is 25.8. The highest BCUT2D eigenvalue weighted by atomic mass is 19.1. The van der Waals surface area contributed by atoms with Crippen LogP contribution in [0.5, 0.6) is 0 Å². The number of benzene rings is 1. The number of amides is 3. The normalized spacial score (nSPS) is 27.7. The van der Waals surface area contributed by atoms with Crippen molar-refractivity contribution in [2.24, 2.45) is 13.0 Å². The molecule has 1 aromatic carbocycles. The summed E-state index contributed by atoms with van der Waals surface area (Å²) in [5, 5.41) is 7.57. The Balaban J connectivity index is 0.889. The minimum atomic E-state index is -0.544. The molecule has 3 atom stereocenters. The van der Waals surface area contributed by atoms with Crippen LogP contribution in [-0.2, 0) is 21.4 Å². The average Bonchev–Trinajstić information content (AvgIpc) is 3.73. The molecule has 10 nitrogen and oxygen atoms in total. The van der Waals surface area contributed by atoms with E-state index in [2.05, 4.69) is 20.2 Å². The molecule has 5 aliphatic heterocycles. The van der Waals surface area contributed by atoms with Gasteiger partial charge in [-0.25, -0.2) is 9.18 Å². The first-order chi connectivity index (χ1) is 21.4. The number of nitrogens with one attached hydrogen (secondary N) is 1. The van der Waals surface area contributed by atoms with Crippen LogP contribution < -0.4 is 5.32 Å². The molecule has 3 unspecified atom stereocenters. The molecule has 238 valence electrons. The summed E-state index contributed by atoms with van der Waals surface area (Å²) in [6, 6.07) is 4.90. The first-order valence-electron chi connectivity index (χ1n) is 16.7. The number of likely N-dealkylation sites (tertiary alicyclic amines) is 2. The van der Waals surface area contributed by atoms with E-state index in [0.29, 0.717) is 47.6 Å². The highest BCUT2D eigenvalue weighted by molar-refractivity contribution is 6.02. The van der Waals surface area contributed by atoms with Gasteiger partial charge in [0.15, 0.2) is 5.82 Å². The molecule has 11 heteroatoms. The number of nitrogens with zero attached hydrogens (tertiary/aromatic N) is 5. The van der Waals surface area contributed by atoms with Crippen LogP contribution in [0.25, 0.3) is 10.9 Å². The molecule has 0 saturated carbocycles. The molecular weight excluding hydrogens is 563 g/mol. The number of carbonyl (C=O) groups is 3. The summed E-state index contributed by atoms with van der Waals surface area (Å²) in [4.78, 5) is 43.8. The Hall–Kier alpha value is -3.05. The second-order valence-corrected chi connectivity index (χ2v) is 13.7. The number of aromatic nitrogens is 2. The number of imide groups is 1. The maximum absolute atomic E-state index is 16.0. The van der Waals surface area contributed by atoms with E-state index in [1.165, 1.54) is 19.3 Å². The van der Waals surface area contributed by atoms with E-state index in [9.17, 15) is 14.4 Å². The highest BCUT2D eigenvalue weighted by Gasteiger charge is 2.38. The van der Waals surface area contributed by atoms with E-state index in [1.807, 2.05) is 17.0 Å². The van der Waals surface area contributed by atoms with Crippen molar-refractivity contribution >= 4 is 28.8 Å². The minimum absolute atomic E-state index is 0.136. The molecule has 0 radical (unpaired) electrons. The predicted molar refractivity (Wildman–Crippen MR) is 163 cm³/mol. The smallest absolute Gasteiger partial charge is 0.409 e. The zero-order valence-electron chi connectivity index (χ0n) is 25.8. The summed E-state index contributed by atoms with van der Waals surface area (Å²) in [6.07, 6.45) is 9.23. The first kappa shape index (κ1) is 29.6. The van der Waals surface area contributed by atoms with Gasteiger partial charge in [-0.05, 0) is 94.8 Å². The van der Waals surface area contributed by atoms with E-state index < -0.39 is 5.92 Å². The fourth-order valence-electron chi connectivity index (χ4n) is 8.62. The van der Waals surface area contributed by atoms with Gasteiger partial charge in [0.1, 0.15) is 12.1 Å². The summed E-state index contributed by atoms with van der Waals surface area (Å²) < 4.78 is 23.3. The van der Waals surface area contributed by atoms with Crippen molar-refractivity contribution in [3.8, 4) is 0 Å². The molecule has 5 aliphatic rings. The highest BCUT2D eigenvalue weighted by Crippen LogP contribution is 2.37. The Labute approximate surface area is 258 Å². The van der Waals surface area contributed by atoms with Gasteiger partial charge >= 0.3 is 6.09 Å². The number of fused-ring (bicyclic) bond motifs is 2. The molecule has 3 amide bonds. The summed E-state index contributed by atoms with van der Waals surface area (Å²) in [5.41, 5.74) is 1.69. The second-order valence-electron chi connectivity index (χ2n) is 13.7. The molecule has 7 rings (SSSR count). The van der Waals surface area contributed by atoms with E-state index in [4.69, 9.17) is 4.74 Å². The average molecular weight is 609 g/mol. The lowest BCUT2D eigenvalue weighted by molar-refractivity contribution is -0.134. The largest absolute Gasteiger partial charge is 0.448 e. The van der Waals surface area contributed by atoms with Crippen LogP contribution in [-0.4, -0.2) is 100 Å². The van der Waals surface area contributed by atoms with Crippen molar-refractivity contribution in [1.29, 1.82) is 0 Å². The molecule has 6 heterocycles. The van der Waals surface area contributed by atoms with Crippen LogP contribution in [0, 0.1) is 11.7 Å². The molecular formula is C33H45FN6O4. The third-order valence-electron chi connectivity index (χ3n) is 11.1. The minimum Gasteiger partial charge on any atom is -0.448 e. The number of hydrogen-bond acceptors (Lipinski definition) is 7. The van der Waals surface area contributed by atoms with Gasteiger partial charge in [-0.2, -0.15) is 5.10 Å². The topological polar surface area (TPSA) is 100 Å². The number of rotatable bonds is 6. The van der Waals surface area contributed by atoms with Gasteiger partial charge in [-0.1, -0.05) is 12.1 Å². The quantitative estimate of drug-likeness (QED) is 0.497.